The molecular formula is C59H50N6. The summed E-state index contributed by atoms with van der Waals surface area (Å²) in [6.07, 6.45) is 12.4. The van der Waals surface area contributed by atoms with Crippen molar-refractivity contribution in [2.45, 2.75) is 57.8 Å². The molecule has 13 rings (SSSR count). The molecule has 3 atom stereocenters. The van der Waals surface area contributed by atoms with Crippen LogP contribution in [0.3, 0.4) is 0 Å². The largest absolute Gasteiger partial charge is 0.348 e. The minimum Gasteiger partial charge on any atom is -0.348 e. The number of allylic oxidation sites excluding steroid dienone is 3. The first kappa shape index (κ1) is 38.1. The van der Waals surface area contributed by atoms with Crippen LogP contribution in [-0.2, 0) is 12.1 Å². The second-order valence-corrected chi connectivity index (χ2v) is 18.5. The number of fused-ring (bicyclic) bond motifs is 10. The van der Waals surface area contributed by atoms with Gasteiger partial charge in [0.2, 0.25) is 0 Å². The first-order chi connectivity index (χ1) is 32.0. The molecule has 3 aliphatic rings. The molecule has 0 radical (unpaired) electrons. The van der Waals surface area contributed by atoms with Crippen molar-refractivity contribution in [3.63, 3.8) is 0 Å². The monoisotopic (exact) mass is 842 g/mol. The number of benzene rings is 7. The Morgan fingerprint density at radius 2 is 1.31 bits per heavy atom. The lowest BCUT2D eigenvalue weighted by Crippen LogP contribution is -2.58. The van der Waals surface area contributed by atoms with Crippen molar-refractivity contribution in [3.05, 3.63) is 204 Å². The Labute approximate surface area is 378 Å². The first-order valence-electron chi connectivity index (χ1n) is 23.4. The maximum absolute atomic E-state index is 5.39. The molecule has 0 saturated carbocycles. The number of para-hydroxylation sites is 3. The van der Waals surface area contributed by atoms with Gasteiger partial charge in [-0.15, -0.1) is 0 Å². The molecule has 3 unspecified atom stereocenters. The summed E-state index contributed by atoms with van der Waals surface area (Å²) in [5.74, 6) is 1.41. The molecule has 316 valence electrons. The van der Waals surface area contributed by atoms with Crippen molar-refractivity contribution in [1.82, 2.24) is 24.3 Å². The summed E-state index contributed by atoms with van der Waals surface area (Å²) in [7, 11) is 0. The summed E-state index contributed by atoms with van der Waals surface area (Å²) in [5, 5.41) is 14.5. The van der Waals surface area contributed by atoms with E-state index in [1.807, 2.05) is 0 Å². The normalized spacial score (nSPS) is 19.8. The summed E-state index contributed by atoms with van der Waals surface area (Å²) in [4.78, 5) is 5.39. The highest BCUT2D eigenvalue weighted by molar-refractivity contribution is 6.22. The van der Waals surface area contributed by atoms with Crippen molar-refractivity contribution in [2.75, 3.05) is 0 Å². The Morgan fingerprint density at radius 1 is 0.615 bits per heavy atom. The molecular weight excluding hydrogens is 793 g/mol. The number of aromatic nitrogens is 3. The Kier molecular flexibility index (Phi) is 8.69. The van der Waals surface area contributed by atoms with Gasteiger partial charge in [0, 0.05) is 60.8 Å². The lowest BCUT2D eigenvalue weighted by Gasteiger charge is -2.41. The van der Waals surface area contributed by atoms with Crippen molar-refractivity contribution in [3.8, 4) is 11.4 Å². The van der Waals surface area contributed by atoms with Crippen molar-refractivity contribution >= 4 is 72.1 Å². The zero-order chi connectivity index (χ0) is 43.2. The Morgan fingerprint density at radius 3 is 2.09 bits per heavy atom. The fraction of sp³-hybridized carbons (Fsp3) is 0.169. The van der Waals surface area contributed by atoms with E-state index >= 15 is 0 Å². The fourth-order valence-electron chi connectivity index (χ4n) is 11.5. The third-order valence-electron chi connectivity index (χ3n) is 14.4. The van der Waals surface area contributed by atoms with Crippen LogP contribution in [0, 0.1) is 5.92 Å². The van der Waals surface area contributed by atoms with E-state index in [1.54, 1.807) is 0 Å². The van der Waals surface area contributed by atoms with Crippen molar-refractivity contribution in [1.29, 1.82) is 0 Å². The van der Waals surface area contributed by atoms with E-state index < -0.39 is 5.66 Å². The maximum atomic E-state index is 5.39. The number of hydrogen-bond donors (Lipinski definition) is 2. The van der Waals surface area contributed by atoms with Gasteiger partial charge in [-0.25, -0.2) is 4.99 Å². The average molecular weight is 843 g/mol. The van der Waals surface area contributed by atoms with Gasteiger partial charge in [-0.05, 0) is 105 Å². The minimum absolute atomic E-state index is 0.296. The number of amidine groups is 1. The number of aliphatic imine (C=N–C) groups is 1. The third kappa shape index (κ3) is 5.93. The zero-order valence-corrected chi connectivity index (χ0v) is 36.8. The SMILES string of the molecule is CC1C=C(n2c3ccccc3c3ccc(-n4c5ccccc5c5c(C6(C)NC(c7ccccc7)=NC(c7ccccc7)N6)cc6c(c7c(n6-c6ccccc6)C=CCC7)c54)cc32)CCC1. The summed E-state index contributed by atoms with van der Waals surface area (Å²) < 4.78 is 7.68. The average Bonchev–Trinajstić information content (AvgIpc) is 4.00. The second kappa shape index (κ2) is 14.8. The zero-order valence-electron chi connectivity index (χ0n) is 36.8. The van der Waals surface area contributed by atoms with Crippen LogP contribution in [0.4, 0.5) is 0 Å². The molecule has 3 aromatic heterocycles. The van der Waals surface area contributed by atoms with Crippen molar-refractivity contribution < 1.29 is 0 Å². The molecule has 0 spiro atoms. The lowest BCUT2D eigenvalue weighted by atomic mass is 9.90. The quantitative estimate of drug-likeness (QED) is 0.175. The first-order valence-corrected chi connectivity index (χ1v) is 23.4. The van der Waals surface area contributed by atoms with Crippen LogP contribution in [0.15, 0.2) is 181 Å². The molecule has 6 heteroatoms. The van der Waals surface area contributed by atoms with Gasteiger partial charge in [0.15, 0.2) is 0 Å². The van der Waals surface area contributed by atoms with Gasteiger partial charge in [0.1, 0.15) is 17.7 Å². The van der Waals surface area contributed by atoms with E-state index in [9.17, 15) is 0 Å². The number of nitrogens with zero attached hydrogens (tertiary/aromatic N) is 4. The van der Waals surface area contributed by atoms with Crippen LogP contribution < -0.4 is 10.6 Å². The fourth-order valence-corrected chi connectivity index (χ4v) is 11.5. The van der Waals surface area contributed by atoms with Gasteiger partial charge in [0.05, 0.1) is 27.6 Å². The highest BCUT2D eigenvalue weighted by Crippen LogP contribution is 2.48. The number of nitrogens with one attached hydrogen (secondary N) is 2. The topological polar surface area (TPSA) is 51.2 Å². The van der Waals surface area contributed by atoms with E-state index in [0.717, 1.165) is 47.6 Å². The van der Waals surface area contributed by atoms with E-state index in [-0.39, 0.29) is 6.17 Å². The highest BCUT2D eigenvalue weighted by atomic mass is 15.3. The van der Waals surface area contributed by atoms with Gasteiger partial charge in [-0.2, -0.15) is 0 Å². The Bertz CT molecular complexity index is 3600. The van der Waals surface area contributed by atoms with Gasteiger partial charge in [0.25, 0.3) is 0 Å². The number of aryl methyl sites for hydroxylation is 1. The lowest BCUT2D eigenvalue weighted by molar-refractivity contribution is 0.280. The van der Waals surface area contributed by atoms with E-state index in [1.165, 1.54) is 89.9 Å². The van der Waals surface area contributed by atoms with Crippen LogP contribution >= 0.6 is 0 Å². The van der Waals surface area contributed by atoms with Crippen LogP contribution in [0.1, 0.15) is 73.6 Å². The van der Waals surface area contributed by atoms with Gasteiger partial charge in [-0.1, -0.05) is 140 Å². The van der Waals surface area contributed by atoms with Gasteiger partial charge >= 0.3 is 0 Å². The van der Waals surface area contributed by atoms with E-state index in [2.05, 4.69) is 220 Å². The second-order valence-electron chi connectivity index (χ2n) is 18.5. The smallest absolute Gasteiger partial charge is 0.132 e. The van der Waals surface area contributed by atoms with E-state index in [4.69, 9.17) is 4.99 Å². The molecule has 0 amide bonds. The number of rotatable bonds is 6. The van der Waals surface area contributed by atoms with E-state index in [0.29, 0.717) is 5.92 Å². The Balaban J connectivity index is 1.16. The molecule has 2 N–H and O–H groups in total. The predicted molar refractivity (Wildman–Crippen MR) is 271 cm³/mol. The summed E-state index contributed by atoms with van der Waals surface area (Å²) in [5.41, 5.74) is 15.1. The molecule has 4 heterocycles. The summed E-state index contributed by atoms with van der Waals surface area (Å²) in [6, 6.07) is 59.9. The standard InChI is InChI=1S/C59H50N6/c1-38-19-18-26-42(35-38)64-49-30-15-12-27-44(49)45-34-33-43(36-52(45)64)65-51-32-17-13-28-46(51)54-48(37-53-55(56(54)65)47-29-14-16-31-50(47)63(53)41-24-10-5-11-25-41)59(2)61-57(39-20-6-3-7-21-39)60-58(62-59)40-22-8-4-9-23-40/h3-13,15-17,20-25,27-28,30-38,57,61H,14,18-19,26,29H2,1-2H3,(H,60,62). The molecule has 0 bridgehead atoms. The predicted octanol–water partition coefficient (Wildman–Crippen LogP) is 14.0. The molecule has 65 heavy (non-hydrogen) atoms. The van der Waals surface area contributed by atoms with Crippen molar-refractivity contribution in [2.24, 2.45) is 10.9 Å². The highest BCUT2D eigenvalue weighted by Gasteiger charge is 2.39. The molecule has 10 aromatic rings. The molecule has 6 nitrogen and oxygen atoms in total. The third-order valence-corrected chi connectivity index (χ3v) is 14.4. The minimum atomic E-state index is -0.766. The molecule has 1 aliphatic heterocycles. The summed E-state index contributed by atoms with van der Waals surface area (Å²) >= 11 is 0. The maximum Gasteiger partial charge on any atom is 0.132 e. The molecule has 0 saturated heterocycles. The van der Waals surface area contributed by atoms with Crippen LogP contribution in [0.2, 0.25) is 0 Å². The Hall–Kier alpha value is -7.41. The van der Waals surface area contributed by atoms with Crippen LogP contribution in [0.5, 0.6) is 0 Å². The molecule has 7 aromatic carbocycles. The van der Waals surface area contributed by atoms with Gasteiger partial charge in [-0.3, -0.25) is 5.32 Å². The summed E-state index contributed by atoms with van der Waals surface area (Å²) in [6.45, 7) is 4.68. The number of hydrogen-bond acceptors (Lipinski definition) is 3. The molecule has 0 fully saturated rings. The molecule has 2 aliphatic carbocycles. The van der Waals surface area contributed by atoms with Gasteiger partial charge < -0.3 is 19.0 Å². The van der Waals surface area contributed by atoms with Crippen LogP contribution in [0.25, 0.3) is 77.7 Å². The van der Waals surface area contributed by atoms with Crippen LogP contribution in [-0.4, -0.2) is 19.5 Å².